The number of amides is 1. The predicted molar refractivity (Wildman–Crippen MR) is 43.0 cm³/mol. The number of rotatable bonds is 1. The first-order chi connectivity index (χ1) is 5.92. The zero-order valence-electron chi connectivity index (χ0n) is 7.46. The molecule has 1 amide bonds. The van der Waals surface area contributed by atoms with Gasteiger partial charge >= 0.3 is 6.09 Å². The van der Waals surface area contributed by atoms with Crippen molar-refractivity contribution in [3.8, 4) is 0 Å². The minimum Gasteiger partial charge on any atom is -0.465 e. The van der Waals surface area contributed by atoms with Gasteiger partial charge in [-0.3, -0.25) is 0 Å². The molecule has 0 aromatic carbocycles. The minimum absolute atomic E-state index is 0.199. The minimum atomic E-state index is -2.59. The molecule has 76 valence electrons. The Morgan fingerprint density at radius 3 is 2.31 bits per heavy atom. The largest absolute Gasteiger partial charge is 0.465 e. The van der Waals surface area contributed by atoms with E-state index >= 15 is 0 Å². The fourth-order valence-electron chi connectivity index (χ4n) is 1.57. The highest BCUT2D eigenvalue weighted by Gasteiger charge is 2.37. The van der Waals surface area contributed by atoms with Gasteiger partial charge in [-0.25, -0.2) is 13.6 Å². The molecule has 0 heterocycles. The van der Waals surface area contributed by atoms with Crippen LogP contribution >= 0.6 is 0 Å². The Morgan fingerprint density at radius 1 is 1.46 bits per heavy atom. The normalized spacial score (nSPS) is 22.7. The van der Waals surface area contributed by atoms with E-state index in [9.17, 15) is 13.6 Å². The average Bonchev–Trinajstić information content (AvgIpc) is 2.03. The predicted octanol–water partition coefficient (Wildman–Crippen LogP) is 2.17. The van der Waals surface area contributed by atoms with Crippen LogP contribution in [0.25, 0.3) is 0 Å². The summed E-state index contributed by atoms with van der Waals surface area (Å²) in [6, 6.07) is -0.239. The van der Waals surface area contributed by atoms with Gasteiger partial charge in [0.05, 0.1) is 0 Å². The zero-order valence-corrected chi connectivity index (χ0v) is 7.46. The van der Waals surface area contributed by atoms with E-state index in [-0.39, 0.29) is 31.7 Å². The lowest BCUT2D eigenvalue weighted by molar-refractivity contribution is -0.0494. The first-order valence-electron chi connectivity index (χ1n) is 4.26. The fraction of sp³-hybridized carbons (Fsp3) is 0.875. The third kappa shape index (κ3) is 2.54. The van der Waals surface area contributed by atoms with Gasteiger partial charge in [0, 0.05) is 25.9 Å². The summed E-state index contributed by atoms with van der Waals surface area (Å²) in [5.41, 5.74) is 0. The summed E-state index contributed by atoms with van der Waals surface area (Å²) >= 11 is 0. The highest BCUT2D eigenvalue weighted by atomic mass is 19.3. The van der Waals surface area contributed by atoms with E-state index in [0.717, 1.165) is 4.90 Å². The van der Waals surface area contributed by atoms with Gasteiger partial charge in [-0.15, -0.1) is 0 Å². The Hall–Kier alpha value is -0.870. The number of hydrogen-bond donors (Lipinski definition) is 1. The van der Waals surface area contributed by atoms with Crippen LogP contribution < -0.4 is 0 Å². The third-order valence-electron chi connectivity index (χ3n) is 2.54. The molecule has 13 heavy (non-hydrogen) atoms. The van der Waals surface area contributed by atoms with E-state index in [1.54, 1.807) is 0 Å². The quantitative estimate of drug-likeness (QED) is 0.693. The lowest BCUT2D eigenvalue weighted by Gasteiger charge is -2.32. The van der Waals surface area contributed by atoms with E-state index < -0.39 is 12.0 Å². The third-order valence-corrected chi connectivity index (χ3v) is 2.54. The first-order valence-corrected chi connectivity index (χ1v) is 4.26. The van der Waals surface area contributed by atoms with E-state index in [1.807, 2.05) is 0 Å². The van der Waals surface area contributed by atoms with Crippen LogP contribution in [-0.4, -0.2) is 35.1 Å². The van der Waals surface area contributed by atoms with Crippen molar-refractivity contribution in [3.63, 3.8) is 0 Å². The summed E-state index contributed by atoms with van der Waals surface area (Å²) < 4.78 is 25.4. The van der Waals surface area contributed by atoms with Crippen LogP contribution in [0.2, 0.25) is 0 Å². The molecule has 0 saturated heterocycles. The maximum atomic E-state index is 12.7. The zero-order chi connectivity index (χ0) is 10.1. The Labute approximate surface area is 75.3 Å². The summed E-state index contributed by atoms with van der Waals surface area (Å²) in [4.78, 5) is 11.6. The number of halogens is 2. The SMILES string of the molecule is CN(C(=O)O)C1CCC(F)(F)CC1. The van der Waals surface area contributed by atoms with Crippen LogP contribution in [-0.2, 0) is 0 Å². The van der Waals surface area contributed by atoms with Crippen LogP contribution in [0.3, 0.4) is 0 Å². The van der Waals surface area contributed by atoms with Crippen LogP contribution in [0.1, 0.15) is 25.7 Å². The van der Waals surface area contributed by atoms with Crippen LogP contribution in [0.4, 0.5) is 13.6 Å². The van der Waals surface area contributed by atoms with Crippen molar-refractivity contribution in [3.05, 3.63) is 0 Å². The molecule has 1 aliphatic carbocycles. The second-order valence-corrected chi connectivity index (χ2v) is 3.48. The number of hydrogen-bond acceptors (Lipinski definition) is 1. The average molecular weight is 193 g/mol. The van der Waals surface area contributed by atoms with E-state index in [4.69, 9.17) is 5.11 Å². The van der Waals surface area contributed by atoms with Gasteiger partial charge in [-0.1, -0.05) is 0 Å². The van der Waals surface area contributed by atoms with Gasteiger partial charge in [0.15, 0.2) is 0 Å². The van der Waals surface area contributed by atoms with Gasteiger partial charge in [-0.05, 0) is 12.8 Å². The molecule has 0 radical (unpaired) electrons. The molecule has 0 aromatic rings. The van der Waals surface area contributed by atoms with Crippen molar-refractivity contribution in [2.75, 3.05) is 7.05 Å². The van der Waals surface area contributed by atoms with Crippen molar-refractivity contribution in [1.29, 1.82) is 0 Å². The van der Waals surface area contributed by atoms with E-state index in [2.05, 4.69) is 0 Å². The second kappa shape index (κ2) is 3.47. The molecule has 1 rings (SSSR count). The molecule has 1 aliphatic rings. The van der Waals surface area contributed by atoms with Crippen molar-refractivity contribution in [2.24, 2.45) is 0 Å². The maximum Gasteiger partial charge on any atom is 0.407 e. The molecule has 1 fully saturated rings. The summed E-state index contributed by atoms with van der Waals surface area (Å²) in [7, 11) is 1.43. The maximum absolute atomic E-state index is 12.7. The highest BCUT2D eigenvalue weighted by Crippen LogP contribution is 2.34. The Bertz CT molecular complexity index is 198. The number of alkyl halides is 2. The summed E-state index contributed by atoms with van der Waals surface area (Å²) in [5.74, 6) is -2.59. The van der Waals surface area contributed by atoms with E-state index in [1.165, 1.54) is 7.05 Å². The molecule has 0 spiro atoms. The molecule has 1 N–H and O–H groups in total. The van der Waals surface area contributed by atoms with Crippen molar-refractivity contribution >= 4 is 6.09 Å². The molecule has 0 unspecified atom stereocenters. The monoisotopic (exact) mass is 193 g/mol. The fourth-order valence-corrected chi connectivity index (χ4v) is 1.57. The molecular formula is C8H13F2NO2. The topological polar surface area (TPSA) is 40.5 Å². The lowest BCUT2D eigenvalue weighted by Crippen LogP contribution is -2.41. The molecule has 3 nitrogen and oxygen atoms in total. The standard InChI is InChI=1S/C8H13F2NO2/c1-11(7(12)13)6-2-4-8(9,10)5-3-6/h6H,2-5H2,1H3,(H,12,13). The molecule has 0 bridgehead atoms. The molecule has 0 aliphatic heterocycles. The Kier molecular flexibility index (Phi) is 2.73. The number of nitrogens with zero attached hydrogens (tertiary/aromatic N) is 1. The van der Waals surface area contributed by atoms with Crippen LogP contribution in [0.15, 0.2) is 0 Å². The molecule has 0 atom stereocenters. The highest BCUT2D eigenvalue weighted by molar-refractivity contribution is 5.64. The smallest absolute Gasteiger partial charge is 0.407 e. The van der Waals surface area contributed by atoms with Crippen molar-refractivity contribution < 1.29 is 18.7 Å². The Morgan fingerprint density at radius 2 is 1.92 bits per heavy atom. The van der Waals surface area contributed by atoms with Gasteiger partial charge in [0.25, 0.3) is 0 Å². The van der Waals surface area contributed by atoms with E-state index in [0.29, 0.717) is 0 Å². The lowest BCUT2D eigenvalue weighted by atomic mass is 9.91. The summed E-state index contributed by atoms with van der Waals surface area (Å²) in [6.45, 7) is 0. The first kappa shape index (κ1) is 10.2. The number of carboxylic acid groups (broad SMARTS) is 1. The van der Waals surface area contributed by atoms with Gasteiger partial charge < -0.3 is 10.0 Å². The van der Waals surface area contributed by atoms with Gasteiger partial charge in [-0.2, -0.15) is 0 Å². The number of carbonyl (C=O) groups is 1. The van der Waals surface area contributed by atoms with Gasteiger partial charge in [0.2, 0.25) is 5.92 Å². The van der Waals surface area contributed by atoms with Crippen LogP contribution in [0.5, 0.6) is 0 Å². The molecule has 1 saturated carbocycles. The Balaban J connectivity index is 2.45. The summed E-state index contributed by atoms with van der Waals surface area (Å²) in [5, 5.41) is 8.60. The van der Waals surface area contributed by atoms with Crippen molar-refractivity contribution in [1.82, 2.24) is 4.90 Å². The second-order valence-electron chi connectivity index (χ2n) is 3.48. The summed E-state index contributed by atoms with van der Waals surface area (Å²) in [6.07, 6.45) is -0.925. The molecular weight excluding hydrogens is 180 g/mol. The molecule has 5 heteroatoms. The van der Waals surface area contributed by atoms with Crippen molar-refractivity contribution in [2.45, 2.75) is 37.6 Å². The van der Waals surface area contributed by atoms with Gasteiger partial charge in [0.1, 0.15) is 0 Å². The van der Waals surface area contributed by atoms with Crippen LogP contribution in [0, 0.1) is 0 Å². The molecule has 0 aromatic heterocycles.